The second-order valence-corrected chi connectivity index (χ2v) is 8.23. The number of benzene rings is 2. The minimum Gasteiger partial charge on any atom is -0.507 e. The number of aliphatic hydroxyl groups excluding tert-OH is 1. The highest BCUT2D eigenvalue weighted by atomic mass is 35.5. The summed E-state index contributed by atoms with van der Waals surface area (Å²) in [5.41, 5.74) is 2.18. The third kappa shape index (κ3) is 3.75. The van der Waals surface area contributed by atoms with E-state index in [0.29, 0.717) is 27.8 Å². The predicted molar refractivity (Wildman–Crippen MR) is 118 cm³/mol. The molecule has 1 aliphatic heterocycles. The van der Waals surface area contributed by atoms with Gasteiger partial charge in [-0.1, -0.05) is 54.9 Å². The van der Waals surface area contributed by atoms with Crippen LogP contribution in [0.15, 0.2) is 64.7 Å². The first-order valence-electron chi connectivity index (χ1n) is 9.88. The van der Waals surface area contributed by atoms with Crippen molar-refractivity contribution in [2.75, 3.05) is 4.90 Å². The van der Waals surface area contributed by atoms with E-state index in [2.05, 4.69) is 19.0 Å². The van der Waals surface area contributed by atoms with Crippen molar-refractivity contribution in [1.29, 1.82) is 0 Å². The number of carbonyl (C=O) groups excluding carboxylic acids is 2. The molecule has 31 heavy (non-hydrogen) atoms. The number of halogens is 1. The number of nitrogens with zero attached hydrogens (tertiary/aromatic N) is 2. The molecule has 1 aromatic heterocycles. The largest absolute Gasteiger partial charge is 0.507 e. The van der Waals surface area contributed by atoms with E-state index in [0.717, 1.165) is 5.56 Å². The van der Waals surface area contributed by atoms with Crippen molar-refractivity contribution in [1.82, 2.24) is 5.16 Å². The first kappa shape index (κ1) is 20.9. The van der Waals surface area contributed by atoms with Gasteiger partial charge < -0.3 is 9.63 Å². The minimum atomic E-state index is -0.846. The van der Waals surface area contributed by atoms with Gasteiger partial charge in [-0.15, -0.1) is 0 Å². The Hall–Kier alpha value is -3.38. The van der Waals surface area contributed by atoms with Crippen molar-refractivity contribution >= 4 is 34.9 Å². The minimum absolute atomic E-state index is 0.00901. The summed E-state index contributed by atoms with van der Waals surface area (Å²) in [6.07, 6.45) is 0. The number of aryl methyl sites for hydroxylation is 1. The second kappa shape index (κ2) is 8.04. The highest BCUT2D eigenvalue weighted by Crippen LogP contribution is 2.42. The number of hydrogen-bond acceptors (Lipinski definition) is 5. The number of hydrogen-bond donors (Lipinski definition) is 1. The monoisotopic (exact) mass is 436 g/mol. The molecule has 1 aliphatic rings. The summed E-state index contributed by atoms with van der Waals surface area (Å²) in [6, 6.07) is 14.8. The number of anilines is 1. The zero-order chi connectivity index (χ0) is 22.3. The van der Waals surface area contributed by atoms with Crippen LogP contribution < -0.4 is 4.90 Å². The van der Waals surface area contributed by atoms with Crippen LogP contribution in [0, 0.1) is 6.92 Å². The predicted octanol–water partition coefficient (Wildman–Crippen LogP) is 5.39. The lowest BCUT2D eigenvalue weighted by molar-refractivity contribution is -0.132. The van der Waals surface area contributed by atoms with Crippen molar-refractivity contribution in [2.45, 2.75) is 32.7 Å². The quantitative estimate of drug-likeness (QED) is 0.337. The van der Waals surface area contributed by atoms with Gasteiger partial charge in [0.1, 0.15) is 11.5 Å². The molecule has 4 rings (SSSR count). The maximum Gasteiger partial charge on any atom is 0.301 e. The van der Waals surface area contributed by atoms with Crippen LogP contribution in [0.1, 0.15) is 48.3 Å². The molecule has 0 saturated carbocycles. The first-order chi connectivity index (χ1) is 14.8. The Morgan fingerprint density at radius 3 is 2.29 bits per heavy atom. The van der Waals surface area contributed by atoms with Crippen molar-refractivity contribution < 1.29 is 19.2 Å². The molecule has 3 aromatic rings. The van der Waals surface area contributed by atoms with Gasteiger partial charge in [0.2, 0.25) is 0 Å². The lowest BCUT2D eigenvalue weighted by atomic mass is 9.93. The molecule has 7 heteroatoms. The normalized spacial score (nSPS) is 18.2. The molecule has 1 N–H and O–H groups in total. The van der Waals surface area contributed by atoms with E-state index in [1.807, 2.05) is 24.3 Å². The number of aromatic nitrogens is 1. The highest BCUT2D eigenvalue weighted by Gasteiger charge is 2.48. The number of Topliss-reactive ketones (excluding diaryl/α,β-unsaturated/α-hetero) is 1. The van der Waals surface area contributed by atoms with Gasteiger partial charge in [-0.3, -0.25) is 14.5 Å². The summed E-state index contributed by atoms with van der Waals surface area (Å²) in [5, 5.41) is 15.5. The van der Waals surface area contributed by atoms with Crippen LogP contribution in [0.5, 0.6) is 0 Å². The molecule has 158 valence electrons. The molecule has 1 fully saturated rings. The molecular formula is C24H21ClN2O4. The molecule has 0 spiro atoms. The molecule has 0 aliphatic carbocycles. The third-order valence-electron chi connectivity index (χ3n) is 5.34. The van der Waals surface area contributed by atoms with Crippen LogP contribution in [0.4, 0.5) is 5.82 Å². The van der Waals surface area contributed by atoms with E-state index in [1.54, 1.807) is 37.3 Å². The maximum absolute atomic E-state index is 13.0. The molecule has 2 aromatic carbocycles. The number of amides is 1. The average molecular weight is 437 g/mol. The SMILES string of the molecule is Cc1cc(N2C(=O)C(=O)C(=C(O)c3ccc(Cl)cc3)[C@H]2c2ccc(C(C)C)cc2)no1. The van der Waals surface area contributed by atoms with Gasteiger partial charge in [-0.25, -0.2) is 0 Å². The Kier molecular flexibility index (Phi) is 5.41. The van der Waals surface area contributed by atoms with E-state index in [-0.39, 0.29) is 17.2 Å². The van der Waals surface area contributed by atoms with Crippen molar-refractivity contribution in [2.24, 2.45) is 0 Å². The van der Waals surface area contributed by atoms with E-state index in [9.17, 15) is 14.7 Å². The Balaban J connectivity index is 1.91. The molecule has 1 saturated heterocycles. The van der Waals surface area contributed by atoms with Crippen LogP contribution >= 0.6 is 11.6 Å². The summed E-state index contributed by atoms with van der Waals surface area (Å²) in [4.78, 5) is 27.3. The Labute approximate surface area is 184 Å². The molecule has 0 unspecified atom stereocenters. The van der Waals surface area contributed by atoms with Gasteiger partial charge in [0.25, 0.3) is 5.78 Å². The molecule has 2 heterocycles. The van der Waals surface area contributed by atoms with Gasteiger partial charge in [-0.2, -0.15) is 0 Å². The van der Waals surface area contributed by atoms with Crippen molar-refractivity contribution in [3.05, 3.63) is 87.6 Å². The zero-order valence-electron chi connectivity index (χ0n) is 17.3. The van der Waals surface area contributed by atoms with Crippen LogP contribution in [0.25, 0.3) is 5.76 Å². The smallest absolute Gasteiger partial charge is 0.301 e. The number of rotatable bonds is 4. The molecule has 6 nitrogen and oxygen atoms in total. The Morgan fingerprint density at radius 1 is 1.10 bits per heavy atom. The van der Waals surface area contributed by atoms with Crippen molar-refractivity contribution in [3.8, 4) is 0 Å². The fourth-order valence-corrected chi connectivity index (χ4v) is 3.80. The molecule has 1 atom stereocenters. The highest BCUT2D eigenvalue weighted by molar-refractivity contribution is 6.51. The topological polar surface area (TPSA) is 83.6 Å². The van der Waals surface area contributed by atoms with Gasteiger partial charge in [0.15, 0.2) is 5.82 Å². The lowest BCUT2D eigenvalue weighted by Crippen LogP contribution is -2.29. The summed E-state index contributed by atoms with van der Waals surface area (Å²) in [5.74, 6) is -0.785. The van der Waals surface area contributed by atoms with Gasteiger partial charge in [0, 0.05) is 16.7 Å². The number of carbonyl (C=O) groups is 2. The standard InChI is InChI=1S/C24H21ClN2O4/c1-13(2)15-4-6-16(7-5-15)21-20(22(28)17-8-10-18(25)11-9-17)23(29)24(30)27(21)19-12-14(3)31-26-19/h4-13,21,28H,1-3H3/t21-/m1/s1. The van der Waals surface area contributed by atoms with Crippen LogP contribution in [0.2, 0.25) is 5.02 Å². The summed E-state index contributed by atoms with van der Waals surface area (Å²) in [6.45, 7) is 5.87. The van der Waals surface area contributed by atoms with E-state index in [1.165, 1.54) is 4.90 Å². The van der Waals surface area contributed by atoms with E-state index >= 15 is 0 Å². The van der Waals surface area contributed by atoms with Gasteiger partial charge >= 0.3 is 5.91 Å². The summed E-state index contributed by atoms with van der Waals surface area (Å²) < 4.78 is 5.14. The number of aliphatic hydroxyl groups is 1. The zero-order valence-corrected chi connectivity index (χ0v) is 18.1. The second-order valence-electron chi connectivity index (χ2n) is 7.79. The van der Waals surface area contributed by atoms with Crippen molar-refractivity contribution in [3.63, 3.8) is 0 Å². The van der Waals surface area contributed by atoms with Gasteiger partial charge in [0.05, 0.1) is 11.6 Å². The summed E-state index contributed by atoms with van der Waals surface area (Å²) >= 11 is 5.95. The maximum atomic E-state index is 13.0. The fourth-order valence-electron chi connectivity index (χ4n) is 3.68. The Bertz CT molecular complexity index is 1180. The lowest BCUT2D eigenvalue weighted by Gasteiger charge is -2.23. The van der Waals surface area contributed by atoms with Gasteiger partial charge in [-0.05, 0) is 48.2 Å². The van der Waals surface area contributed by atoms with Crippen LogP contribution in [-0.4, -0.2) is 22.0 Å². The van der Waals surface area contributed by atoms with E-state index in [4.69, 9.17) is 16.1 Å². The first-order valence-corrected chi connectivity index (χ1v) is 10.3. The third-order valence-corrected chi connectivity index (χ3v) is 5.60. The Morgan fingerprint density at radius 2 is 1.74 bits per heavy atom. The van der Waals surface area contributed by atoms with Crippen LogP contribution in [-0.2, 0) is 9.59 Å². The molecule has 0 bridgehead atoms. The number of ketones is 1. The molecule has 0 radical (unpaired) electrons. The summed E-state index contributed by atoms with van der Waals surface area (Å²) in [7, 11) is 0. The van der Waals surface area contributed by atoms with E-state index < -0.39 is 17.7 Å². The average Bonchev–Trinajstić information content (AvgIpc) is 3.29. The fraction of sp³-hybridized carbons (Fsp3) is 0.208. The molecular weight excluding hydrogens is 416 g/mol. The van der Waals surface area contributed by atoms with Crippen LogP contribution in [0.3, 0.4) is 0 Å². The molecule has 1 amide bonds.